The van der Waals surface area contributed by atoms with Crippen molar-refractivity contribution in [2.45, 2.75) is 226 Å². The maximum Gasteiger partial charge on any atom is 0.101 e. The highest BCUT2D eigenvalue weighted by Gasteiger charge is 2.24. The summed E-state index contributed by atoms with van der Waals surface area (Å²) in [7, 11) is 0. The van der Waals surface area contributed by atoms with Crippen LogP contribution in [0.3, 0.4) is 0 Å². The van der Waals surface area contributed by atoms with Gasteiger partial charge >= 0.3 is 0 Å². The Morgan fingerprint density at radius 1 is 0.317 bits per heavy atom. The highest BCUT2D eigenvalue weighted by molar-refractivity contribution is 4.97. The lowest BCUT2D eigenvalue weighted by atomic mass is 10.0. The molecule has 1 rings (SSSR count). The summed E-state index contributed by atoms with van der Waals surface area (Å²) in [4.78, 5) is 5.43. The molecule has 2 heteroatoms. The number of hydrogen-bond acceptors (Lipinski definition) is 2. The van der Waals surface area contributed by atoms with E-state index in [-0.39, 0.29) is 0 Å². The summed E-state index contributed by atoms with van der Waals surface area (Å²) in [5.74, 6) is 0. The van der Waals surface area contributed by atoms with Gasteiger partial charge in [0.2, 0.25) is 0 Å². The first-order valence-corrected chi connectivity index (χ1v) is 19.5. The largest absolute Gasteiger partial charge is 0.356 e. The van der Waals surface area contributed by atoms with E-state index in [2.05, 4.69) is 43.0 Å². The molecule has 1 unspecified atom stereocenters. The molecule has 0 aromatic heterocycles. The molecule has 1 atom stereocenters. The van der Waals surface area contributed by atoms with Crippen molar-refractivity contribution >= 4 is 0 Å². The minimum Gasteiger partial charge on any atom is -0.356 e. The second-order valence-electron chi connectivity index (χ2n) is 13.6. The molecule has 2 nitrogen and oxygen atoms in total. The van der Waals surface area contributed by atoms with Gasteiger partial charge in [0.15, 0.2) is 0 Å². The van der Waals surface area contributed by atoms with Crippen LogP contribution >= 0.6 is 0 Å². The Hall–Kier alpha value is -0.660. The quantitative estimate of drug-likeness (QED) is 0.0719. The first-order valence-electron chi connectivity index (χ1n) is 19.5. The van der Waals surface area contributed by atoms with Crippen LogP contribution in [-0.2, 0) is 0 Å². The fraction of sp³-hybridized carbons (Fsp3) is 0.949. The molecule has 0 aromatic rings. The molecule has 0 saturated heterocycles. The molecule has 0 N–H and O–H groups in total. The van der Waals surface area contributed by atoms with E-state index in [4.69, 9.17) is 0 Å². The zero-order valence-corrected chi connectivity index (χ0v) is 29.0. The van der Waals surface area contributed by atoms with Crippen LogP contribution in [0.5, 0.6) is 0 Å². The van der Waals surface area contributed by atoms with Gasteiger partial charge in [-0.2, -0.15) is 0 Å². The fourth-order valence-corrected chi connectivity index (χ4v) is 6.72. The van der Waals surface area contributed by atoms with Crippen LogP contribution in [0.1, 0.15) is 220 Å². The van der Waals surface area contributed by atoms with Crippen LogP contribution in [-0.4, -0.2) is 29.1 Å². The van der Waals surface area contributed by atoms with E-state index >= 15 is 0 Å². The van der Waals surface area contributed by atoms with Crippen molar-refractivity contribution in [1.82, 2.24) is 9.80 Å². The van der Waals surface area contributed by atoms with E-state index < -0.39 is 0 Å². The van der Waals surface area contributed by atoms with Gasteiger partial charge < -0.3 is 9.80 Å². The lowest BCUT2D eigenvalue weighted by Crippen LogP contribution is -2.39. The molecule has 1 aliphatic heterocycles. The van der Waals surface area contributed by atoms with Gasteiger partial charge in [0, 0.05) is 25.5 Å². The van der Waals surface area contributed by atoms with Gasteiger partial charge in [-0.3, -0.25) is 0 Å². The Morgan fingerprint density at radius 3 is 0.854 bits per heavy atom. The van der Waals surface area contributed by atoms with E-state index in [1.54, 1.807) is 0 Å². The summed E-state index contributed by atoms with van der Waals surface area (Å²) in [5, 5.41) is 0. The van der Waals surface area contributed by atoms with Crippen molar-refractivity contribution in [2.24, 2.45) is 0 Å². The number of hydrogen-bond donors (Lipinski definition) is 0. The van der Waals surface area contributed by atoms with Gasteiger partial charge in [-0.15, -0.1) is 0 Å². The molecule has 0 aliphatic carbocycles. The standard InChI is InChI=1S/C39H78N2/c1-4-7-10-13-16-19-20-21-24-27-30-33-36-41-38-37-40(35-32-29-26-23-18-15-12-9-6-3)39(41)34-31-28-25-22-17-14-11-8-5-2/h37-39H,4-36H2,1-3H3. The van der Waals surface area contributed by atoms with E-state index in [1.165, 1.54) is 212 Å². The van der Waals surface area contributed by atoms with Crippen molar-refractivity contribution in [3.8, 4) is 0 Å². The van der Waals surface area contributed by atoms with Crippen LogP contribution in [0.25, 0.3) is 0 Å². The fourth-order valence-electron chi connectivity index (χ4n) is 6.72. The molecular weight excluding hydrogens is 496 g/mol. The van der Waals surface area contributed by atoms with E-state index in [0.29, 0.717) is 6.17 Å². The Bertz CT molecular complexity index is 530. The average molecular weight is 575 g/mol. The second-order valence-corrected chi connectivity index (χ2v) is 13.6. The van der Waals surface area contributed by atoms with Crippen LogP contribution in [0.4, 0.5) is 0 Å². The number of rotatable bonds is 33. The highest BCUT2D eigenvalue weighted by Crippen LogP contribution is 2.24. The number of unbranched alkanes of at least 4 members (excludes halogenated alkanes) is 27. The van der Waals surface area contributed by atoms with Gasteiger partial charge in [0.1, 0.15) is 6.17 Å². The molecule has 0 radical (unpaired) electrons. The third-order valence-corrected chi connectivity index (χ3v) is 9.57. The Kier molecular flexibility index (Phi) is 28.8. The van der Waals surface area contributed by atoms with Crippen molar-refractivity contribution in [3.63, 3.8) is 0 Å². The van der Waals surface area contributed by atoms with Crippen LogP contribution in [0, 0.1) is 0 Å². The molecule has 244 valence electrons. The summed E-state index contributed by atoms with van der Waals surface area (Å²) in [5.41, 5.74) is 0. The maximum atomic E-state index is 2.72. The molecule has 0 bridgehead atoms. The lowest BCUT2D eigenvalue weighted by molar-refractivity contribution is 0.135. The summed E-state index contributed by atoms with van der Waals surface area (Å²) >= 11 is 0. The molecule has 1 aliphatic rings. The Morgan fingerprint density at radius 2 is 0.561 bits per heavy atom. The van der Waals surface area contributed by atoms with Crippen molar-refractivity contribution in [2.75, 3.05) is 13.1 Å². The third kappa shape index (κ3) is 23.5. The predicted octanol–water partition coefficient (Wildman–Crippen LogP) is 13.6. The molecule has 0 saturated carbocycles. The van der Waals surface area contributed by atoms with Gasteiger partial charge in [-0.25, -0.2) is 0 Å². The van der Waals surface area contributed by atoms with Crippen LogP contribution < -0.4 is 0 Å². The minimum atomic E-state index is 0.640. The first-order chi connectivity index (χ1) is 20.3. The van der Waals surface area contributed by atoms with E-state index in [1.807, 2.05) is 0 Å². The molecule has 1 heterocycles. The van der Waals surface area contributed by atoms with Gasteiger partial charge in [-0.05, 0) is 25.7 Å². The summed E-state index contributed by atoms with van der Waals surface area (Å²) in [6.45, 7) is 9.48. The smallest absolute Gasteiger partial charge is 0.101 e. The van der Waals surface area contributed by atoms with E-state index in [0.717, 1.165) is 0 Å². The molecule has 41 heavy (non-hydrogen) atoms. The van der Waals surface area contributed by atoms with Crippen LogP contribution in [0.2, 0.25) is 0 Å². The molecular formula is C39H78N2. The summed E-state index contributed by atoms with van der Waals surface area (Å²) < 4.78 is 0. The SMILES string of the molecule is CCCCCCCCCCCCCCN1C=CN(CCCCCCCCCCC)C1CCCCCCCCCCC. The molecule has 0 fully saturated rings. The topological polar surface area (TPSA) is 6.48 Å². The predicted molar refractivity (Wildman–Crippen MR) is 186 cm³/mol. The molecule has 0 aromatic carbocycles. The van der Waals surface area contributed by atoms with Crippen molar-refractivity contribution < 1.29 is 0 Å². The van der Waals surface area contributed by atoms with Gasteiger partial charge in [-0.1, -0.05) is 194 Å². The highest BCUT2D eigenvalue weighted by atomic mass is 15.4. The van der Waals surface area contributed by atoms with Crippen LogP contribution in [0.15, 0.2) is 12.4 Å². The van der Waals surface area contributed by atoms with Crippen molar-refractivity contribution in [1.29, 1.82) is 0 Å². The lowest BCUT2D eigenvalue weighted by Gasteiger charge is -2.33. The number of nitrogens with zero attached hydrogens (tertiary/aromatic N) is 2. The minimum absolute atomic E-state index is 0.640. The Labute approximate surface area is 260 Å². The zero-order chi connectivity index (χ0) is 29.5. The molecule has 0 amide bonds. The summed E-state index contributed by atoms with van der Waals surface area (Å²) in [6, 6.07) is 0. The first kappa shape index (κ1) is 38.4. The monoisotopic (exact) mass is 575 g/mol. The second kappa shape index (κ2) is 30.8. The van der Waals surface area contributed by atoms with Gasteiger partial charge in [0.25, 0.3) is 0 Å². The van der Waals surface area contributed by atoms with Crippen molar-refractivity contribution in [3.05, 3.63) is 12.4 Å². The maximum absolute atomic E-state index is 2.72. The molecule has 0 spiro atoms. The third-order valence-electron chi connectivity index (χ3n) is 9.57. The Balaban J connectivity index is 2.23. The summed E-state index contributed by atoms with van der Waals surface area (Å²) in [6.07, 6.45) is 49.9. The average Bonchev–Trinajstić information content (AvgIpc) is 3.37. The van der Waals surface area contributed by atoms with E-state index in [9.17, 15) is 0 Å². The normalized spacial score (nSPS) is 15.0. The zero-order valence-electron chi connectivity index (χ0n) is 29.0. The van der Waals surface area contributed by atoms with Gasteiger partial charge in [0.05, 0.1) is 0 Å².